The molecule has 2 heterocycles. The predicted octanol–water partition coefficient (Wildman–Crippen LogP) is 1.43. The van der Waals surface area contributed by atoms with Gasteiger partial charge in [-0.25, -0.2) is 4.68 Å². The minimum absolute atomic E-state index is 0.208. The number of alkyl halides is 3. The topological polar surface area (TPSA) is 112 Å². The van der Waals surface area contributed by atoms with Gasteiger partial charge in [0.1, 0.15) is 5.76 Å². The summed E-state index contributed by atoms with van der Waals surface area (Å²) in [5.41, 5.74) is 0. The van der Waals surface area contributed by atoms with E-state index in [2.05, 4.69) is 20.7 Å². The average Bonchev–Trinajstić information content (AvgIpc) is 2.96. The number of carbonyl (C=O) groups excluding carboxylic acids is 1. The molecule has 0 aliphatic heterocycles. The van der Waals surface area contributed by atoms with Gasteiger partial charge in [0.2, 0.25) is 11.1 Å². The number of hydrogen-bond acceptors (Lipinski definition) is 7. The smallest absolute Gasteiger partial charge is 0.360 e. The third-order valence-electron chi connectivity index (χ3n) is 2.45. The molecule has 0 bridgehead atoms. The summed E-state index contributed by atoms with van der Waals surface area (Å²) in [6.07, 6.45) is -4.72. The molecule has 1 atom stereocenters. The van der Waals surface area contributed by atoms with Crippen molar-refractivity contribution in [2.24, 2.45) is 0 Å². The Morgan fingerprint density at radius 2 is 2.18 bits per heavy atom. The molecule has 22 heavy (non-hydrogen) atoms. The lowest BCUT2D eigenvalue weighted by Gasteiger charge is -2.10. The number of hydrogen-bond donors (Lipinski definition) is 2. The second-order valence-corrected chi connectivity index (χ2v) is 5.55. The lowest BCUT2D eigenvalue weighted by molar-refractivity contribution is -0.146. The van der Waals surface area contributed by atoms with Gasteiger partial charge in [0.05, 0.1) is 5.25 Å². The number of aromatic nitrogens is 4. The van der Waals surface area contributed by atoms with Crippen molar-refractivity contribution in [3.63, 3.8) is 0 Å². The molecule has 0 spiro atoms. The second-order valence-electron chi connectivity index (χ2n) is 4.25. The van der Waals surface area contributed by atoms with Gasteiger partial charge < -0.3 is 15.7 Å². The van der Waals surface area contributed by atoms with Crippen LogP contribution in [0.5, 0.6) is 0 Å². The molecular formula is C10H11F3N6O2S. The summed E-state index contributed by atoms with van der Waals surface area (Å²) in [7, 11) is 0. The molecule has 2 aromatic rings. The zero-order valence-electron chi connectivity index (χ0n) is 11.4. The molecule has 2 aromatic heterocycles. The molecule has 120 valence electrons. The highest BCUT2D eigenvalue weighted by atomic mass is 32.2. The van der Waals surface area contributed by atoms with Crippen LogP contribution in [0, 0.1) is 6.92 Å². The van der Waals surface area contributed by atoms with Crippen molar-refractivity contribution < 1.29 is 22.5 Å². The number of nitrogens with one attached hydrogen (secondary N) is 1. The van der Waals surface area contributed by atoms with Crippen LogP contribution in [0.1, 0.15) is 18.5 Å². The van der Waals surface area contributed by atoms with Crippen LogP contribution in [-0.2, 0) is 11.0 Å². The number of thioether (sulfide) groups is 1. The maximum Gasteiger partial charge on any atom is 0.453 e. The lowest BCUT2D eigenvalue weighted by atomic mass is 10.4. The van der Waals surface area contributed by atoms with E-state index in [0.29, 0.717) is 10.4 Å². The maximum absolute atomic E-state index is 12.5. The molecule has 8 nitrogen and oxygen atoms in total. The minimum Gasteiger partial charge on any atom is -0.360 e. The zero-order chi connectivity index (χ0) is 16.5. The first-order valence-corrected chi connectivity index (χ1v) is 6.75. The Labute approximate surface area is 126 Å². The molecule has 0 fully saturated rings. The molecule has 1 unspecified atom stereocenters. The van der Waals surface area contributed by atoms with Crippen molar-refractivity contribution in [3.8, 4) is 0 Å². The first kappa shape index (κ1) is 16.1. The van der Waals surface area contributed by atoms with Crippen LogP contribution in [0.2, 0.25) is 0 Å². The highest BCUT2D eigenvalue weighted by Crippen LogP contribution is 2.30. The Morgan fingerprint density at radius 3 is 2.68 bits per heavy atom. The van der Waals surface area contributed by atoms with Gasteiger partial charge in [-0.1, -0.05) is 16.9 Å². The molecule has 0 saturated carbocycles. The summed E-state index contributed by atoms with van der Waals surface area (Å²) in [6.45, 7) is 3.13. The Kier molecular flexibility index (Phi) is 4.30. The van der Waals surface area contributed by atoms with Crippen LogP contribution in [0.4, 0.5) is 19.0 Å². The monoisotopic (exact) mass is 336 g/mol. The number of nitrogens with zero attached hydrogens (tertiary/aromatic N) is 4. The third-order valence-corrected chi connectivity index (χ3v) is 3.51. The van der Waals surface area contributed by atoms with Crippen LogP contribution in [-0.4, -0.2) is 31.2 Å². The quantitative estimate of drug-likeness (QED) is 0.641. The van der Waals surface area contributed by atoms with Gasteiger partial charge in [-0.3, -0.25) is 4.79 Å². The van der Waals surface area contributed by atoms with Crippen molar-refractivity contribution in [2.75, 3.05) is 11.2 Å². The Balaban J connectivity index is 2.04. The van der Waals surface area contributed by atoms with E-state index in [9.17, 15) is 18.0 Å². The summed E-state index contributed by atoms with van der Waals surface area (Å²) < 4.78 is 42.7. The van der Waals surface area contributed by atoms with Crippen molar-refractivity contribution >= 4 is 23.5 Å². The van der Waals surface area contributed by atoms with E-state index in [-0.39, 0.29) is 11.0 Å². The number of amides is 1. The molecule has 0 aliphatic rings. The maximum atomic E-state index is 12.5. The number of halogens is 3. The normalized spacial score (nSPS) is 13.1. The fourth-order valence-corrected chi connectivity index (χ4v) is 2.19. The van der Waals surface area contributed by atoms with Gasteiger partial charge >= 0.3 is 6.18 Å². The van der Waals surface area contributed by atoms with Crippen molar-refractivity contribution in [1.29, 1.82) is 0 Å². The first-order chi connectivity index (χ1) is 10.2. The van der Waals surface area contributed by atoms with E-state index in [1.807, 2.05) is 0 Å². The van der Waals surface area contributed by atoms with E-state index >= 15 is 0 Å². The summed E-state index contributed by atoms with van der Waals surface area (Å²) >= 11 is 0.735. The second kappa shape index (κ2) is 5.87. The standard InChI is InChI=1S/C10H11F3N6O2S/c1-4-3-6(18-21-4)15-7(20)5(2)22-9-17-16-8(19(9)14)10(11,12)13/h3,5H,14H2,1-2H3,(H,15,18,20). The molecule has 12 heteroatoms. The number of rotatable bonds is 4. The molecule has 0 saturated heterocycles. The summed E-state index contributed by atoms with van der Waals surface area (Å²) in [4.78, 5) is 11.9. The van der Waals surface area contributed by atoms with Crippen LogP contribution < -0.4 is 11.2 Å². The van der Waals surface area contributed by atoms with Crippen LogP contribution in [0.3, 0.4) is 0 Å². The van der Waals surface area contributed by atoms with Crippen LogP contribution in [0.25, 0.3) is 0 Å². The predicted molar refractivity (Wildman–Crippen MR) is 70.4 cm³/mol. The molecule has 0 aliphatic carbocycles. The fraction of sp³-hybridized carbons (Fsp3) is 0.400. The van der Waals surface area contributed by atoms with Crippen LogP contribution >= 0.6 is 11.8 Å². The Morgan fingerprint density at radius 1 is 1.50 bits per heavy atom. The van der Waals surface area contributed by atoms with Crippen LogP contribution in [0.15, 0.2) is 15.7 Å². The summed E-state index contributed by atoms with van der Waals surface area (Å²) in [5, 5.41) is 11.3. The van der Waals surface area contributed by atoms with Crippen molar-refractivity contribution in [3.05, 3.63) is 17.7 Å². The van der Waals surface area contributed by atoms with Gasteiger partial charge in [-0.2, -0.15) is 13.2 Å². The molecule has 1 amide bonds. The van der Waals surface area contributed by atoms with E-state index < -0.39 is 23.2 Å². The zero-order valence-corrected chi connectivity index (χ0v) is 12.2. The summed E-state index contributed by atoms with van der Waals surface area (Å²) in [6, 6.07) is 1.50. The van der Waals surface area contributed by atoms with Crippen molar-refractivity contribution in [1.82, 2.24) is 20.0 Å². The Hall–Kier alpha value is -2.24. The number of nitrogen functional groups attached to an aromatic ring is 1. The third kappa shape index (κ3) is 3.50. The minimum atomic E-state index is -4.72. The first-order valence-electron chi connectivity index (χ1n) is 5.87. The SMILES string of the molecule is Cc1cc(NC(=O)C(C)Sc2nnc(C(F)(F)F)n2N)no1. The average molecular weight is 336 g/mol. The van der Waals surface area contributed by atoms with Gasteiger partial charge in [0.15, 0.2) is 5.82 Å². The molecule has 3 N–H and O–H groups in total. The molecule has 2 rings (SSSR count). The fourth-order valence-electron chi connectivity index (χ4n) is 1.42. The number of aryl methyl sites for hydroxylation is 1. The number of nitrogens with two attached hydrogens (primary N) is 1. The van der Waals surface area contributed by atoms with Gasteiger partial charge in [-0.15, -0.1) is 10.2 Å². The largest absolute Gasteiger partial charge is 0.453 e. The Bertz CT molecular complexity index is 683. The summed E-state index contributed by atoms with van der Waals surface area (Å²) in [5.74, 6) is 4.17. The number of anilines is 1. The van der Waals surface area contributed by atoms with Gasteiger partial charge in [0.25, 0.3) is 5.82 Å². The van der Waals surface area contributed by atoms with E-state index in [4.69, 9.17) is 10.4 Å². The highest BCUT2D eigenvalue weighted by molar-refractivity contribution is 8.00. The molecule has 0 radical (unpaired) electrons. The van der Waals surface area contributed by atoms with Gasteiger partial charge in [-0.05, 0) is 13.8 Å². The molecular weight excluding hydrogens is 325 g/mol. The van der Waals surface area contributed by atoms with E-state index in [0.717, 1.165) is 11.8 Å². The van der Waals surface area contributed by atoms with Crippen molar-refractivity contribution in [2.45, 2.75) is 30.4 Å². The lowest BCUT2D eigenvalue weighted by Crippen LogP contribution is -2.25. The van der Waals surface area contributed by atoms with E-state index in [1.165, 1.54) is 13.0 Å². The number of carbonyl (C=O) groups is 1. The van der Waals surface area contributed by atoms with Gasteiger partial charge in [0, 0.05) is 6.07 Å². The molecule has 0 aromatic carbocycles. The highest BCUT2D eigenvalue weighted by Gasteiger charge is 2.38. The van der Waals surface area contributed by atoms with E-state index in [1.54, 1.807) is 6.92 Å².